The van der Waals surface area contributed by atoms with Gasteiger partial charge in [0.05, 0.1) is 22.8 Å². The van der Waals surface area contributed by atoms with Gasteiger partial charge >= 0.3 is 0 Å². The average Bonchev–Trinajstić information content (AvgIpc) is 3.13. The van der Waals surface area contributed by atoms with Crippen molar-refractivity contribution in [3.05, 3.63) is 72.2 Å². The molecule has 0 radical (unpaired) electrons. The van der Waals surface area contributed by atoms with Crippen LogP contribution in [0.5, 0.6) is 0 Å². The van der Waals surface area contributed by atoms with E-state index in [-0.39, 0.29) is 0 Å². The van der Waals surface area contributed by atoms with Crippen LogP contribution < -0.4 is 0 Å². The first kappa shape index (κ1) is 13.4. The Morgan fingerprint density at radius 2 is 1.92 bits per heavy atom. The van der Waals surface area contributed by atoms with E-state index in [2.05, 4.69) is 59.6 Å². The maximum absolute atomic E-state index is 6.23. The van der Waals surface area contributed by atoms with Crippen LogP contribution in [0.2, 0.25) is 0 Å². The number of hydrogen-bond donors (Lipinski definition) is 0. The van der Waals surface area contributed by atoms with Crippen molar-refractivity contribution in [1.29, 1.82) is 0 Å². The molecular weight excluding hydrogens is 296 g/mol. The first-order chi connectivity index (χ1) is 11.7. The van der Waals surface area contributed by atoms with Gasteiger partial charge in [-0.25, -0.2) is 0 Å². The molecule has 0 aliphatic heterocycles. The Balaban J connectivity index is 1.87. The van der Waals surface area contributed by atoms with Crippen molar-refractivity contribution in [2.45, 2.75) is 13.8 Å². The second kappa shape index (κ2) is 4.71. The molecule has 0 N–H and O–H groups in total. The minimum Gasteiger partial charge on any atom is -0.454 e. The van der Waals surface area contributed by atoms with Crippen molar-refractivity contribution in [3.63, 3.8) is 0 Å². The highest BCUT2D eigenvalue weighted by molar-refractivity contribution is 6.16. The summed E-state index contributed by atoms with van der Waals surface area (Å²) in [4.78, 5) is 4.61. The van der Waals surface area contributed by atoms with Gasteiger partial charge in [0.2, 0.25) is 0 Å². The zero-order chi connectivity index (χ0) is 16.3. The molecule has 0 saturated heterocycles. The van der Waals surface area contributed by atoms with Gasteiger partial charge in [0.25, 0.3) is 0 Å². The summed E-state index contributed by atoms with van der Waals surface area (Å²) in [6, 6.07) is 14.6. The molecule has 5 rings (SSSR count). The Morgan fingerprint density at radius 1 is 1.00 bits per heavy atom. The zero-order valence-corrected chi connectivity index (χ0v) is 13.6. The van der Waals surface area contributed by atoms with Crippen LogP contribution in [0, 0.1) is 13.8 Å². The second-order valence-electron chi connectivity index (χ2n) is 6.30. The van der Waals surface area contributed by atoms with Gasteiger partial charge in [-0.15, -0.1) is 0 Å². The molecule has 5 aromatic rings. The Bertz CT molecular complexity index is 1230. The Hall–Kier alpha value is -3.07. The molecular formula is C21H16N2O. The summed E-state index contributed by atoms with van der Waals surface area (Å²) >= 11 is 0. The monoisotopic (exact) mass is 312 g/mol. The minimum absolute atomic E-state index is 0.907. The lowest BCUT2D eigenvalue weighted by molar-refractivity contribution is 0.668. The van der Waals surface area contributed by atoms with Crippen LogP contribution in [0.4, 0.5) is 0 Å². The van der Waals surface area contributed by atoms with Crippen molar-refractivity contribution in [2.24, 2.45) is 0 Å². The van der Waals surface area contributed by atoms with Gasteiger partial charge in [0.1, 0.15) is 5.58 Å². The van der Waals surface area contributed by atoms with E-state index in [1.807, 2.05) is 24.7 Å². The van der Waals surface area contributed by atoms with Gasteiger partial charge in [-0.3, -0.25) is 4.98 Å². The van der Waals surface area contributed by atoms with Crippen LogP contribution >= 0.6 is 0 Å². The Labute approximate surface area is 139 Å². The standard InChI is InChI=1S/C21H16N2O/c1-13-10-17(22-11-14(13)2)15-6-5-7-16-20-18-8-3-4-9-23(18)12-19(20)24-21(15)16/h3-12H,1-2H3. The Kier molecular flexibility index (Phi) is 2.63. The van der Waals surface area contributed by atoms with Crippen molar-refractivity contribution >= 4 is 27.5 Å². The topological polar surface area (TPSA) is 30.4 Å². The third-order valence-corrected chi connectivity index (χ3v) is 4.79. The summed E-state index contributed by atoms with van der Waals surface area (Å²) in [7, 11) is 0. The van der Waals surface area contributed by atoms with Crippen molar-refractivity contribution < 1.29 is 4.42 Å². The van der Waals surface area contributed by atoms with Crippen molar-refractivity contribution in [1.82, 2.24) is 9.38 Å². The van der Waals surface area contributed by atoms with Crippen LogP contribution in [-0.2, 0) is 0 Å². The van der Waals surface area contributed by atoms with E-state index in [9.17, 15) is 0 Å². The number of aromatic nitrogens is 2. The number of fused-ring (bicyclic) bond motifs is 5. The third-order valence-electron chi connectivity index (χ3n) is 4.79. The van der Waals surface area contributed by atoms with E-state index >= 15 is 0 Å². The maximum Gasteiger partial charge on any atom is 0.154 e. The highest BCUT2D eigenvalue weighted by atomic mass is 16.3. The summed E-state index contributed by atoms with van der Waals surface area (Å²) in [5, 5.41) is 2.30. The molecule has 4 aromatic heterocycles. The molecule has 0 aliphatic rings. The summed E-state index contributed by atoms with van der Waals surface area (Å²) in [6.45, 7) is 4.20. The molecule has 24 heavy (non-hydrogen) atoms. The molecule has 116 valence electrons. The predicted molar refractivity (Wildman–Crippen MR) is 97.4 cm³/mol. The largest absolute Gasteiger partial charge is 0.454 e. The maximum atomic E-state index is 6.23. The lowest BCUT2D eigenvalue weighted by Gasteiger charge is -2.05. The van der Waals surface area contributed by atoms with Crippen molar-refractivity contribution in [3.8, 4) is 11.3 Å². The van der Waals surface area contributed by atoms with Crippen molar-refractivity contribution in [2.75, 3.05) is 0 Å². The molecule has 4 heterocycles. The summed E-state index contributed by atoms with van der Waals surface area (Å²) in [6.07, 6.45) is 6.02. The highest BCUT2D eigenvalue weighted by Crippen LogP contribution is 2.38. The fourth-order valence-electron chi connectivity index (χ4n) is 3.37. The van der Waals surface area contributed by atoms with Crippen LogP contribution in [0.25, 0.3) is 38.7 Å². The lowest BCUT2D eigenvalue weighted by atomic mass is 10.0. The van der Waals surface area contributed by atoms with Gasteiger partial charge in [-0.05, 0) is 49.2 Å². The van der Waals surface area contributed by atoms with E-state index in [1.54, 1.807) is 0 Å². The molecule has 0 unspecified atom stereocenters. The summed E-state index contributed by atoms with van der Waals surface area (Å²) in [5.41, 5.74) is 7.42. The SMILES string of the molecule is Cc1cnc(-c2cccc3c2oc2cn4ccccc4c23)cc1C. The first-order valence-electron chi connectivity index (χ1n) is 8.07. The number of furan rings is 1. The smallest absolute Gasteiger partial charge is 0.154 e. The zero-order valence-electron chi connectivity index (χ0n) is 13.6. The highest BCUT2D eigenvalue weighted by Gasteiger charge is 2.16. The summed E-state index contributed by atoms with van der Waals surface area (Å²) in [5.74, 6) is 0. The normalized spacial score (nSPS) is 11.8. The molecule has 3 nitrogen and oxygen atoms in total. The number of rotatable bonds is 1. The van der Waals surface area contributed by atoms with Gasteiger partial charge < -0.3 is 8.82 Å². The molecule has 0 amide bonds. The molecule has 0 fully saturated rings. The van der Waals surface area contributed by atoms with E-state index in [0.717, 1.165) is 38.7 Å². The number of para-hydroxylation sites is 1. The number of hydrogen-bond acceptors (Lipinski definition) is 2. The lowest BCUT2D eigenvalue weighted by Crippen LogP contribution is -1.88. The molecule has 1 aromatic carbocycles. The van der Waals surface area contributed by atoms with Crippen LogP contribution in [0.1, 0.15) is 11.1 Å². The number of benzene rings is 1. The van der Waals surface area contributed by atoms with Gasteiger partial charge in [0.15, 0.2) is 5.58 Å². The van der Waals surface area contributed by atoms with Crippen LogP contribution in [0.3, 0.4) is 0 Å². The molecule has 0 bridgehead atoms. The number of pyridine rings is 2. The molecule has 3 heteroatoms. The number of nitrogens with zero attached hydrogens (tertiary/aromatic N) is 2. The molecule has 0 saturated carbocycles. The molecule has 0 aliphatic carbocycles. The fourth-order valence-corrected chi connectivity index (χ4v) is 3.37. The Morgan fingerprint density at radius 3 is 2.79 bits per heavy atom. The van der Waals surface area contributed by atoms with E-state index < -0.39 is 0 Å². The summed E-state index contributed by atoms with van der Waals surface area (Å²) < 4.78 is 8.34. The van der Waals surface area contributed by atoms with Crippen LogP contribution in [-0.4, -0.2) is 9.38 Å². The van der Waals surface area contributed by atoms with E-state index in [1.165, 1.54) is 11.1 Å². The average molecular weight is 312 g/mol. The van der Waals surface area contributed by atoms with Gasteiger partial charge in [0, 0.05) is 23.3 Å². The van der Waals surface area contributed by atoms with Gasteiger partial charge in [-0.1, -0.05) is 18.2 Å². The quantitative estimate of drug-likeness (QED) is 0.408. The minimum atomic E-state index is 0.907. The van der Waals surface area contributed by atoms with Gasteiger partial charge in [-0.2, -0.15) is 0 Å². The second-order valence-corrected chi connectivity index (χ2v) is 6.30. The molecule has 0 atom stereocenters. The third kappa shape index (κ3) is 1.75. The first-order valence-corrected chi connectivity index (χ1v) is 8.07. The predicted octanol–water partition coefficient (Wildman–Crippen LogP) is 5.52. The van der Waals surface area contributed by atoms with Crippen LogP contribution in [0.15, 0.2) is 65.5 Å². The van der Waals surface area contributed by atoms with E-state index in [4.69, 9.17) is 4.42 Å². The molecule has 0 spiro atoms. The number of aryl methyl sites for hydroxylation is 2. The fraction of sp³-hybridized carbons (Fsp3) is 0.0952. The van der Waals surface area contributed by atoms with E-state index in [0.29, 0.717) is 0 Å².